The second-order valence-electron chi connectivity index (χ2n) is 4.66. The van der Waals surface area contributed by atoms with Crippen LogP contribution < -0.4 is 0 Å². The summed E-state index contributed by atoms with van der Waals surface area (Å²) < 4.78 is 0. The molecule has 1 fully saturated rings. The van der Waals surface area contributed by atoms with E-state index in [-0.39, 0.29) is 12.5 Å². The third kappa shape index (κ3) is 2.12. The maximum atomic E-state index is 11.9. The molecule has 1 N–H and O–H groups in total. The first kappa shape index (κ1) is 12.0. The van der Waals surface area contributed by atoms with Gasteiger partial charge in [0.05, 0.1) is 11.5 Å². The fraction of sp³-hybridized carbons (Fsp3) is 0.800. The van der Waals surface area contributed by atoms with E-state index in [1.165, 1.54) is 4.90 Å². The van der Waals surface area contributed by atoms with Crippen LogP contribution in [-0.4, -0.2) is 59.5 Å². The van der Waals surface area contributed by atoms with Crippen LogP contribution in [0, 0.1) is 5.92 Å². The standard InChI is InChI=1S/C10H18N2O3/c1-10(2)9(15)11(3)5-7(8(13)14)6-12(10)4/h7H,5-6H2,1-4H3,(H,13,14). The summed E-state index contributed by atoms with van der Waals surface area (Å²) in [6.07, 6.45) is 0. The lowest BCUT2D eigenvalue weighted by molar-refractivity contribution is -0.142. The lowest BCUT2D eigenvalue weighted by atomic mass is 10.0. The molecule has 1 aliphatic heterocycles. The van der Waals surface area contributed by atoms with Crippen molar-refractivity contribution in [1.29, 1.82) is 0 Å². The number of carboxylic acid groups (broad SMARTS) is 1. The van der Waals surface area contributed by atoms with Crippen molar-refractivity contribution < 1.29 is 14.7 Å². The Labute approximate surface area is 89.7 Å². The van der Waals surface area contributed by atoms with E-state index < -0.39 is 17.4 Å². The predicted octanol–water partition coefficient (Wildman–Crippen LogP) is -0.130. The molecule has 0 saturated carbocycles. The molecule has 1 saturated heterocycles. The first-order chi connectivity index (χ1) is 6.76. The van der Waals surface area contributed by atoms with Crippen molar-refractivity contribution in [1.82, 2.24) is 9.80 Å². The summed E-state index contributed by atoms with van der Waals surface area (Å²) in [7, 11) is 3.44. The van der Waals surface area contributed by atoms with Gasteiger partial charge >= 0.3 is 5.97 Å². The van der Waals surface area contributed by atoms with Gasteiger partial charge in [-0.1, -0.05) is 0 Å². The summed E-state index contributed by atoms with van der Waals surface area (Å²) in [5.41, 5.74) is -0.626. The third-order valence-electron chi connectivity index (χ3n) is 3.16. The van der Waals surface area contributed by atoms with E-state index in [0.717, 1.165) is 0 Å². The van der Waals surface area contributed by atoms with Gasteiger partial charge in [-0.3, -0.25) is 14.5 Å². The molecule has 1 atom stereocenters. The van der Waals surface area contributed by atoms with Gasteiger partial charge in [0.2, 0.25) is 5.91 Å². The molecule has 0 aliphatic carbocycles. The summed E-state index contributed by atoms with van der Waals surface area (Å²) in [6.45, 7) is 4.31. The number of amides is 1. The van der Waals surface area contributed by atoms with Crippen LogP contribution in [0.5, 0.6) is 0 Å². The van der Waals surface area contributed by atoms with Crippen LogP contribution in [0.4, 0.5) is 0 Å². The topological polar surface area (TPSA) is 60.9 Å². The molecular weight excluding hydrogens is 196 g/mol. The number of carbonyl (C=O) groups excluding carboxylic acids is 1. The highest BCUT2D eigenvalue weighted by atomic mass is 16.4. The van der Waals surface area contributed by atoms with Gasteiger partial charge in [-0.15, -0.1) is 0 Å². The van der Waals surface area contributed by atoms with E-state index in [2.05, 4.69) is 0 Å². The summed E-state index contributed by atoms with van der Waals surface area (Å²) in [5, 5.41) is 8.99. The van der Waals surface area contributed by atoms with Crippen molar-refractivity contribution in [2.45, 2.75) is 19.4 Å². The molecule has 5 nitrogen and oxygen atoms in total. The molecule has 1 unspecified atom stereocenters. The Balaban J connectivity index is 2.97. The first-order valence-electron chi connectivity index (χ1n) is 4.96. The predicted molar refractivity (Wildman–Crippen MR) is 55.5 cm³/mol. The van der Waals surface area contributed by atoms with Crippen molar-refractivity contribution in [2.75, 3.05) is 27.2 Å². The Morgan fingerprint density at radius 1 is 1.40 bits per heavy atom. The first-order valence-corrected chi connectivity index (χ1v) is 4.96. The number of rotatable bonds is 1. The summed E-state index contributed by atoms with van der Waals surface area (Å²) >= 11 is 0. The van der Waals surface area contributed by atoms with Gasteiger partial charge in [0.25, 0.3) is 0 Å². The zero-order valence-corrected chi connectivity index (χ0v) is 9.65. The molecule has 1 aliphatic rings. The molecule has 0 radical (unpaired) electrons. The molecule has 0 spiro atoms. The minimum Gasteiger partial charge on any atom is -0.481 e. The number of carbonyl (C=O) groups is 2. The minimum absolute atomic E-state index is 0.0336. The molecular formula is C10H18N2O3. The van der Waals surface area contributed by atoms with Crippen LogP contribution in [0.15, 0.2) is 0 Å². The van der Waals surface area contributed by atoms with Gasteiger partial charge in [0.15, 0.2) is 0 Å². The number of hydrogen-bond acceptors (Lipinski definition) is 3. The van der Waals surface area contributed by atoms with Crippen LogP contribution in [0.25, 0.3) is 0 Å². The molecule has 0 aromatic carbocycles. The van der Waals surface area contributed by atoms with Crippen molar-refractivity contribution in [3.05, 3.63) is 0 Å². The Hall–Kier alpha value is -1.10. The zero-order valence-electron chi connectivity index (χ0n) is 9.65. The molecule has 15 heavy (non-hydrogen) atoms. The lowest BCUT2D eigenvalue weighted by Gasteiger charge is -2.33. The smallest absolute Gasteiger partial charge is 0.309 e. The van der Waals surface area contributed by atoms with Crippen LogP contribution in [0.1, 0.15) is 13.8 Å². The van der Waals surface area contributed by atoms with Gasteiger partial charge in [-0.05, 0) is 20.9 Å². The van der Waals surface area contributed by atoms with E-state index >= 15 is 0 Å². The lowest BCUT2D eigenvalue weighted by Crippen LogP contribution is -2.51. The maximum Gasteiger partial charge on any atom is 0.309 e. The average molecular weight is 214 g/mol. The molecule has 1 heterocycles. The highest BCUT2D eigenvalue weighted by Gasteiger charge is 2.40. The third-order valence-corrected chi connectivity index (χ3v) is 3.16. The van der Waals surface area contributed by atoms with Crippen molar-refractivity contribution in [2.24, 2.45) is 5.92 Å². The molecule has 0 aromatic heterocycles. The molecule has 0 bridgehead atoms. The fourth-order valence-corrected chi connectivity index (χ4v) is 1.82. The highest BCUT2D eigenvalue weighted by molar-refractivity contribution is 5.86. The van der Waals surface area contributed by atoms with Crippen molar-refractivity contribution >= 4 is 11.9 Å². The van der Waals surface area contributed by atoms with Gasteiger partial charge in [0, 0.05) is 20.1 Å². The number of likely N-dealkylation sites (N-methyl/N-ethyl adjacent to an activating group) is 2. The van der Waals surface area contributed by atoms with Gasteiger partial charge in [-0.25, -0.2) is 0 Å². The van der Waals surface area contributed by atoms with Crippen LogP contribution in [0.2, 0.25) is 0 Å². The SMILES string of the molecule is CN1CC(C(=O)O)CN(C)C(C)(C)C1=O. The summed E-state index contributed by atoms with van der Waals surface area (Å²) in [4.78, 5) is 26.2. The average Bonchev–Trinajstić information content (AvgIpc) is 2.19. The normalized spacial score (nSPS) is 27.6. The van der Waals surface area contributed by atoms with Crippen LogP contribution in [-0.2, 0) is 9.59 Å². The molecule has 1 amide bonds. The van der Waals surface area contributed by atoms with Crippen LogP contribution in [0.3, 0.4) is 0 Å². The van der Waals surface area contributed by atoms with E-state index in [0.29, 0.717) is 6.54 Å². The Morgan fingerprint density at radius 3 is 2.40 bits per heavy atom. The summed E-state index contributed by atoms with van der Waals surface area (Å²) in [6, 6.07) is 0. The zero-order chi connectivity index (χ0) is 11.8. The Bertz CT molecular complexity index is 288. The van der Waals surface area contributed by atoms with Crippen molar-refractivity contribution in [3.63, 3.8) is 0 Å². The van der Waals surface area contributed by atoms with Gasteiger partial charge < -0.3 is 10.0 Å². The summed E-state index contributed by atoms with van der Waals surface area (Å²) in [5.74, 6) is -1.39. The fourth-order valence-electron chi connectivity index (χ4n) is 1.82. The number of nitrogens with zero attached hydrogens (tertiary/aromatic N) is 2. The molecule has 0 aromatic rings. The minimum atomic E-state index is -0.848. The van der Waals surface area contributed by atoms with Gasteiger partial charge in [0.1, 0.15) is 0 Å². The maximum absolute atomic E-state index is 11.9. The van der Waals surface area contributed by atoms with Crippen molar-refractivity contribution in [3.8, 4) is 0 Å². The van der Waals surface area contributed by atoms with E-state index in [1.807, 2.05) is 13.8 Å². The highest BCUT2D eigenvalue weighted by Crippen LogP contribution is 2.21. The van der Waals surface area contributed by atoms with Crippen LogP contribution >= 0.6 is 0 Å². The molecule has 5 heteroatoms. The monoisotopic (exact) mass is 214 g/mol. The van der Waals surface area contributed by atoms with Gasteiger partial charge in [-0.2, -0.15) is 0 Å². The van der Waals surface area contributed by atoms with E-state index in [1.54, 1.807) is 19.0 Å². The van der Waals surface area contributed by atoms with E-state index in [4.69, 9.17) is 5.11 Å². The Kier molecular flexibility index (Phi) is 3.04. The number of carboxylic acids is 1. The number of aliphatic carboxylic acids is 1. The quantitative estimate of drug-likeness (QED) is 0.660. The second-order valence-corrected chi connectivity index (χ2v) is 4.66. The largest absolute Gasteiger partial charge is 0.481 e. The second kappa shape index (κ2) is 3.81. The molecule has 86 valence electrons. The number of hydrogen-bond donors (Lipinski definition) is 1. The molecule has 1 rings (SSSR count). The Morgan fingerprint density at radius 2 is 1.93 bits per heavy atom. The van der Waals surface area contributed by atoms with E-state index in [9.17, 15) is 9.59 Å².